The van der Waals surface area contributed by atoms with Crippen molar-refractivity contribution in [1.29, 1.82) is 0 Å². The summed E-state index contributed by atoms with van der Waals surface area (Å²) in [5.74, 6) is 0. The summed E-state index contributed by atoms with van der Waals surface area (Å²) in [6, 6.07) is 6.31. The first kappa shape index (κ1) is 12.9. The van der Waals surface area contributed by atoms with E-state index in [0.29, 0.717) is 0 Å². The molecular formula is C7H5I3O2. The lowest BCUT2D eigenvalue weighted by atomic mass is 10.4. The minimum atomic E-state index is -0.250. The molecule has 0 aromatic heterocycles. The molecule has 12 heavy (non-hydrogen) atoms. The lowest BCUT2D eigenvalue weighted by Crippen LogP contribution is -1.81. The Hall–Kier alpha value is 0.880. The molecule has 0 bridgehead atoms. The summed E-state index contributed by atoms with van der Waals surface area (Å²) in [6.45, 7) is -0.250. The molecular weight excluding hydrogens is 497 g/mol. The van der Waals surface area contributed by atoms with Crippen molar-refractivity contribution in [2.24, 2.45) is 0 Å². The molecule has 0 unspecified atom stereocenters. The van der Waals surface area contributed by atoms with Crippen LogP contribution in [0.4, 0.5) is 0 Å². The van der Waals surface area contributed by atoms with Crippen molar-refractivity contribution in [1.82, 2.24) is 0 Å². The van der Waals surface area contributed by atoms with Crippen molar-refractivity contribution in [3.63, 3.8) is 0 Å². The Kier molecular flexibility index (Phi) is 7.83. The molecule has 0 heterocycles. The number of rotatable bonds is 0. The molecule has 2 nitrogen and oxygen atoms in total. The van der Waals surface area contributed by atoms with Crippen LogP contribution in [0.3, 0.4) is 0 Å². The topological polar surface area (TPSA) is 37.3 Å². The smallest absolute Gasteiger partial charge is 0.290 e. The van der Waals surface area contributed by atoms with Crippen LogP contribution in [0, 0.1) is 10.7 Å². The molecule has 1 aromatic rings. The van der Waals surface area contributed by atoms with Gasteiger partial charge in [-0.05, 0) is 79.9 Å². The Bertz CT molecular complexity index is 243. The maximum absolute atomic E-state index is 8.36. The second-order valence-corrected chi connectivity index (χ2v) is 5.04. The number of benzene rings is 1. The van der Waals surface area contributed by atoms with E-state index in [1.54, 1.807) is 0 Å². The lowest BCUT2D eigenvalue weighted by Gasteiger charge is -1.95. The van der Waals surface area contributed by atoms with Crippen LogP contribution < -0.4 is 0 Å². The highest BCUT2D eigenvalue weighted by Gasteiger charge is 1.96. The molecule has 66 valence electrons. The normalized spacial score (nSPS) is 8.25. The Morgan fingerprint density at radius 3 is 1.75 bits per heavy atom. The van der Waals surface area contributed by atoms with Gasteiger partial charge in [0.2, 0.25) is 0 Å². The van der Waals surface area contributed by atoms with E-state index >= 15 is 0 Å². The van der Waals surface area contributed by atoms with Gasteiger partial charge >= 0.3 is 0 Å². The molecule has 1 N–H and O–H groups in total. The average Bonchev–Trinajstić information content (AvgIpc) is 2.02. The maximum atomic E-state index is 8.36. The van der Waals surface area contributed by atoms with E-state index < -0.39 is 0 Å². The van der Waals surface area contributed by atoms with Gasteiger partial charge in [-0.3, -0.25) is 4.79 Å². The summed E-state index contributed by atoms with van der Waals surface area (Å²) in [6.07, 6.45) is 0. The molecule has 0 aliphatic carbocycles. The van der Waals surface area contributed by atoms with Crippen LogP contribution in [0.15, 0.2) is 18.2 Å². The van der Waals surface area contributed by atoms with E-state index in [-0.39, 0.29) is 6.47 Å². The minimum Gasteiger partial charge on any atom is -0.483 e. The molecule has 0 amide bonds. The first-order valence-corrected chi connectivity index (χ1v) is 6.04. The van der Waals surface area contributed by atoms with Gasteiger partial charge in [0.1, 0.15) is 0 Å². The number of hydrogen-bond donors (Lipinski definition) is 1. The summed E-state index contributed by atoms with van der Waals surface area (Å²) in [7, 11) is 0. The summed E-state index contributed by atoms with van der Waals surface area (Å²) >= 11 is 7.03. The van der Waals surface area contributed by atoms with E-state index in [9.17, 15) is 0 Å². The minimum absolute atomic E-state index is 0.250. The molecule has 0 aliphatic rings. The highest BCUT2D eigenvalue weighted by atomic mass is 127. The highest BCUT2D eigenvalue weighted by Crippen LogP contribution is 2.19. The van der Waals surface area contributed by atoms with E-state index in [0.717, 1.165) is 0 Å². The zero-order valence-electron chi connectivity index (χ0n) is 5.80. The van der Waals surface area contributed by atoms with Gasteiger partial charge in [-0.25, -0.2) is 0 Å². The number of halogens is 3. The van der Waals surface area contributed by atoms with Gasteiger partial charge in [0, 0.05) is 10.7 Å². The Morgan fingerprint density at radius 1 is 1.17 bits per heavy atom. The zero-order valence-corrected chi connectivity index (χ0v) is 12.3. The van der Waals surface area contributed by atoms with Crippen LogP contribution in [0.2, 0.25) is 0 Å². The Labute approximate surface area is 112 Å². The highest BCUT2D eigenvalue weighted by molar-refractivity contribution is 14.1. The average molecular weight is 502 g/mol. The number of hydrogen-bond acceptors (Lipinski definition) is 1. The second-order valence-electron chi connectivity index (χ2n) is 1.64. The quantitative estimate of drug-likeness (QED) is 0.337. The van der Waals surface area contributed by atoms with E-state index in [1.165, 1.54) is 10.7 Å². The molecule has 5 heteroatoms. The van der Waals surface area contributed by atoms with Crippen LogP contribution in [0.1, 0.15) is 0 Å². The zero-order chi connectivity index (χ0) is 9.56. The third-order valence-corrected chi connectivity index (χ3v) is 5.93. The standard InChI is InChI=1S/C6H3I3.CH2O2/c7-4-2-1-3-5(8)6(4)9;2-1-3/h1-3H;1H,(H,2,3). The summed E-state index contributed by atoms with van der Waals surface area (Å²) < 4.78 is 4.02. The van der Waals surface area contributed by atoms with Crippen LogP contribution in [0.25, 0.3) is 0 Å². The predicted molar refractivity (Wildman–Crippen MR) is 73.3 cm³/mol. The molecule has 0 atom stereocenters. The van der Waals surface area contributed by atoms with Crippen molar-refractivity contribution in [3.8, 4) is 0 Å². The van der Waals surface area contributed by atoms with Gasteiger partial charge in [0.25, 0.3) is 6.47 Å². The monoisotopic (exact) mass is 502 g/mol. The fourth-order valence-corrected chi connectivity index (χ4v) is 2.35. The van der Waals surface area contributed by atoms with Crippen LogP contribution >= 0.6 is 67.8 Å². The molecule has 0 fully saturated rings. The molecule has 0 aliphatic heterocycles. The van der Waals surface area contributed by atoms with E-state index in [1.807, 2.05) is 0 Å². The molecule has 1 aromatic carbocycles. The van der Waals surface area contributed by atoms with E-state index in [2.05, 4.69) is 86.0 Å². The Morgan fingerprint density at radius 2 is 1.50 bits per heavy atom. The number of carboxylic acid groups (broad SMARTS) is 1. The number of carbonyl (C=O) groups is 1. The predicted octanol–water partition coefficient (Wildman–Crippen LogP) is 3.20. The van der Waals surface area contributed by atoms with E-state index in [4.69, 9.17) is 9.90 Å². The van der Waals surface area contributed by atoms with Crippen molar-refractivity contribution in [2.75, 3.05) is 0 Å². The first-order chi connectivity index (χ1) is 5.63. The third-order valence-electron chi connectivity index (χ3n) is 0.904. The molecule has 0 saturated heterocycles. The molecule has 0 saturated carbocycles. The maximum Gasteiger partial charge on any atom is 0.290 e. The summed E-state index contributed by atoms with van der Waals surface area (Å²) in [5.41, 5.74) is 0. The van der Waals surface area contributed by atoms with Crippen molar-refractivity contribution < 1.29 is 9.90 Å². The summed E-state index contributed by atoms with van der Waals surface area (Å²) in [5, 5.41) is 6.89. The molecule has 0 spiro atoms. The van der Waals surface area contributed by atoms with Gasteiger partial charge in [-0.2, -0.15) is 0 Å². The van der Waals surface area contributed by atoms with Crippen molar-refractivity contribution >= 4 is 74.2 Å². The largest absolute Gasteiger partial charge is 0.483 e. The molecule has 1 rings (SSSR count). The SMILES string of the molecule is Ic1cccc(I)c1I.O=CO. The van der Waals surface area contributed by atoms with Gasteiger partial charge in [0.15, 0.2) is 0 Å². The van der Waals surface area contributed by atoms with Crippen molar-refractivity contribution in [3.05, 3.63) is 28.9 Å². The fourth-order valence-electron chi connectivity index (χ4n) is 0.477. The van der Waals surface area contributed by atoms with Crippen LogP contribution in [0.5, 0.6) is 0 Å². The third kappa shape index (κ3) is 4.80. The van der Waals surface area contributed by atoms with Gasteiger partial charge in [-0.15, -0.1) is 0 Å². The fraction of sp³-hybridized carbons (Fsp3) is 0. The summed E-state index contributed by atoms with van der Waals surface area (Å²) in [4.78, 5) is 8.36. The van der Waals surface area contributed by atoms with Gasteiger partial charge in [-0.1, -0.05) is 6.07 Å². The van der Waals surface area contributed by atoms with Gasteiger partial charge < -0.3 is 5.11 Å². The first-order valence-electron chi connectivity index (χ1n) is 2.80. The molecule has 0 radical (unpaired) electrons. The van der Waals surface area contributed by atoms with Crippen molar-refractivity contribution in [2.45, 2.75) is 0 Å². The van der Waals surface area contributed by atoms with Crippen LogP contribution in [-0.4, -0.2) is 11.6 Å². The van der Waals surface area contributed by atoms with Gasteiger partial charge in [0.05, 0.1) is 0 Å². The second kappa shape index (κ2) is 7.30. The van der Waals surface area contributed by atoms with Crippen LogP contribution in [-0.2, 0) is 4.79 Å². The lowest BCUT2D eigenvalue weighted by molar-refractivity contribution is -0.122. The Balaban J connectivity index is 0.000000354.